The van der Waals surface area contributed by atoms with Gasteiger partial charge < -0.3 is 4.90 Å². The van der Waals surface area contributed by atoms with Crippen molar-refractivity contribution in [2.75, 3.05) is 37.6 Å². The Balaban J connectivity index is 1.52. The molecule has 0 saturated carbocycles. The van der Waals surface area contributed by atoms with Crippen molar-refractivity contribution < 1.29 is 0 Å². The summed E-state index contributed by atoms with van der Waals surface area (Å²) < 4.78 is 1.99. The molecule has 0 amide bonds. The average Bonchev–Trinajstić information content (AvgIpc) is 2.91. The number of aromatic nitrogens is 4. The van der Waals surface area contributed by atoms with Crippen molar-refractivity contribution >= 4 is 5.82 Å². The fourth-order valence-electron chi connectivity index (χ4n) is 2.66. The molecule has 1 fully saturated rings. The lowest BCUT2D eigenvalue weighted by atomic mass is 10.3. The number of rotatable bonds is 4. The fourth-order valence-corrected chi connectivity index (χ4v) is 2.66. The highest BCUT2D eigenvalue weighted by Gasteiger charge is 2.16. The molecule has 6 heteroatoms. The van der Waals surface area contributed by atoms with Gasteiger partial charge in [0.05, 0.1) is 12.2 Å². The first-order valence-electron chi connectivity index (χ1n) is 7.56. The molecule has 1 aliphatic rings. The van der Waals surface area contributed by atoms with Crippen molar-refractivity contribution in [1.82, 2.24) is 24.9 Å². The van der Waals surface area contributed by atoms with Crippen LogP contribution in [0.25, 0.3) is 0 Å². The number of hydrogen-bond acceptors (Lipinski definition) is 5. The molecule has 0 N–H and O–H groups in total. The molecule has 0 aliphatic carbocycles. The van der Waals surface area contributed by atoms with E-state index < -0.39 is 0 Å². The third kappa shape index (κ3) is 3.78. The van der Waals surface area contributed by atoms with E-state index in [9.17, 15) is 0 Å². The van der Waals surface area contributed by atoms with Crippen LogP contribution in [0, 0.1) is 6.92 Å². The number of hydrogen-bond donors (Lipinski definition) is 0. The van der Waals surface area contributed by atoms with E-state index in [1.165, 1.54) is 0 Å². The van der Waals surface area contributed by atoms with Crippen LogP contribution in [0.15, 0.2) is 30.6 Å². The Bertz CT molecular complexity index is 536. The molecule has 21 heavy (non-hydrogen) atoms. The lowest BCUT2D eigenvalue weighted by molar-refractivity contribution is 0.276. The molecule has 0 aromatic carbocycles. The summed E-state index contributed by atoms with van der Waals surface area (Å²) >= 11 is 0. The van der Waals surface area contributed by atoms with E-state index in [1.54, 1.807) is 0 Å². The Hall–Kier alpha value is -1.95. The van der Waals surface area contributed by atoms with Crippen molar-refractivity contribution in [2.24, 2.45) is 0 Å². The summed E-state index contributed by atoms with van der Waals surface area (Å²) in [5.74, 6) is 0.995. The number of aryl methyl sites for hydroxylation is 1. The maximum absolute atomic E-state index is 4.30. The average molecular weight is 286 g/mol. The van der Waals surface area contributed by atoms with Crippen LogP contribution in [-0.2, 0) is 6.54 Å². The Morgan fingerprint density at radius 3 is 2.76 bits per heavy atom. The predicted octanol–water partition coefficient (Wildman–Crippen LogP) is 1.19. The van der Waals surface area contributed by atoms with Crippen LogP contribution >= 0.6 is 0 Å². The monoisotopic (exact) mass is 286 g/mol. The highest BCUT2D eigenvalue weighted by molar-refractivity contribution is 5.37. The standard InChI is InChI=1S/C15H22N6/c1-14-4-5-15(18-17-14)20-8-3-7-19(10-12-20)11-13-21-9-2-6-16-21/h2,4-6,9H,3,7-8,10-13H2,1H3. The Kier molecular flexibility index (Phi) is 4.45. The molecule has 3 rings (SSSR count). The topological polar surface area (TPSA) is 50.1 Å². The van der Waals surface area contributed by atoms with Crippen LogP contribution < -0.4 is 4.90 Å². The van der Waals surface area contributed by atoms with E-state index in [1.807, 2.05) is 36.1 Å². The molecule has 0 unspecified atom stereocenters. The van der Waals surface area contributed by atoms with E-state index in [0.717, 1.165) is 57.2 Å². The van der Waals surface area contributed by atoms with Gasteiger partial charge in [0.1, 0.15) is 0 Å². The van der Waals surface area contributed by atoms with Crippen molar-refractivity contribution in [2.45, 2.75) is 19.9 Å². The molecular formula is C15H22N6. The van der Waals surface area contributed by atoms with Gasteiger partial charge in [0.25, 0.3) is 0 Å². The summed E-state index contributed by atoms with van der Waals surface area (Å²) in [6.07, 6.45) is 5.01. The minimum atomic E-state index is 0.956. The van der Waals surface area contributed by atoms with Crippen LogP contribution in [0.3, 0.4) is 0 Å². The SMILES string of the molecule is Cc1ccc(N2CCCN(CCn3cccn3)CC2)nn1. The molecule has 2 aromatic heterocycles. The molecule has 1 saturated heterocycles. The van der Waals surface area contributed by atoms with Gasteiger partial charge in [-0.15, -0.1) is 5.10 Å². The van der Waals surface area contributed by atoms with Crippen LogP contribution in [0.5, 0.6) is 0 Å². The van der Waals surface area contributed by atoms with Crippen LogP contribution in [0.2, 0.25) is 0 Å². The third-order valence-corrected chi connectivity index (χ3v) is 3.90. The van der Waals surface area contributed by atoms with Gasteiger partial charge in [-0.05, 0) is 38.1 Å². The van der Waals surface area contributed by atoms with Gasteiger partial charge in [-0.1, -0.05) is 0 Å². The zero-order chi connectivity index (χ0) is 14.5. The zero-order valence-corrected chi connectivity index (χ0v) is 12.5. The maximum Gasteiger partial charge on any atom is 0.151 e. The van der Waals surface area contributed by atoms with E-state index in [0.29, 0.717) is 0 Å². The third-order valence-electron chi connectivity index (χ3n) is 3.90. The zero-order valence-electron chi connectivity index (χ0n) is 12.5. The maximum atomic E-state index is 4.30. The molecular weight excluding hydrogens is 264 g/mol. The minimum Gasteiger partial charge on any atom is -0.354 e. The highest BCUT2D eigenvalue weighted by Crippen LogP contribution is 2.12. The quantitative estimate of drug-likeness (QED) is 0.845. The normalized spacial score (nSPS) is 16.9. The van der Waals surface area contributed by atoms with Crippen LogP contribution in [0.1, 0.15) is 12.1 Å². The molecule has 1 aliphatic heterocycles. The second kappa shape index (κ2) is 6.67. The van der Waals surface area contributed by atoms with E-state index in [-0.39, 0.29) is 0 Å². The lowest BCUT2D eigenvalue weighted by Gasteiger charge is -2.22. The van der Waals surface area contributed by atoms with E-state index in [4.69, 9.17) is 0 Å². The molecule has 0 atom stereocenters. The first kappa shape index (κ1) is 14.0. The molecule has 0 radical (unpaired) electrons. The van der Waals surface area contributed by atoms with E-state index >= 15 is 0 Å². The Labute approximate surface area is 125 Å². The molecule has 2 aromatic rings. The summed E-state index contributed by atoms with van der Waals surface area (Å²) in [6, 6.07) is 6.07. The largest absolute Gasteiger partial charge is 0.354 e. The molecule has 0 spiro atoms. The minimum absolute atomic E-state index is 0.956. The van der Waals surface area contributed by atoms with Gasteiger partial charge in [0.2, 0.25) is 0 Å². The molecule has 6 nitrogen and oxygen atoms in total. The van der Waals surface area contributed by atoms with Crippen molar-refractivity contribution in [3.63, 3.8) is 0 Å². The van der Waals surface area contributed by atoms with Gasteiger partial charge in [-0.25, -0.2) is 0 Å². The summed E-state index contributed by atoms with van der Waals surface area (Å²) in [5.41, 5.74) is 0.967. The summed E-state index contributed by atoms with van der Waals surface area (Å²) in [5, 5.41) is 12.7. The smallest absolute Gasteiger partial charge is 0.151 e. The number of anilines is 1. The van der Waals surface area contributed by atoms with Crippen molar-refractivity contribution in [1.29, 1.82) is 0 Å². The lowest BCUT2D eigenvalue weighted by Crippen LogP contribution is -2.33. The molecule has 112 valence electrons. The van der Waals surface area contributed by atoms with Crippen molar-refractivity contribution in [3.8, 4) is 0 Å². The van der Waals surface area contributed by atoms with Crippen LogP contribution in [0.4, 0.5) is 5.82 Å². The van der Waals surface area contributed by atoms with Gasteiger partial charge >= 0.3 is 0 Å². The second-order valence-corrected chi connectivity index (χ2v) is 5.48. The Morgan fingerprint density at radius 2 is 2.00 bits per heavy atom. The first-order chi connectivity index (χ1) is 10.3. The Morgan fingerprint density at radius 1 is 1.05 bits per heavy atom. The van der Waals surface area contributed by atoms with E-state index in [2.05, 4.69) is 31.2 Å². The van der Waals surface area contributed by atoms with Gasteiger partial charge in [0.15, 0.2) is 5.82 Å². The molecule has 3 heterocycles. The molecule has 0 bridgehead atoms. The summed E-state index contributed by atoms with van der Waals surface area (Å²) in [7, 11) is 0. The first-order valence-corrected chi connectivity index (χ1v) is 7.56. The number of nitrogens with zero attached hydrogens (tertiary/aromatic N) is 6. The fraction of sp³-hybridized carbons (Fsp3) is 0.533. The van der Waals surface area contributed by atoms with Crippen molar-refractivity contribution in [3.05, 3.63) is 36.3 Å². The summed E-state index contributed by atoms with van der Waals surface area (Å²) in [6.45, 7) is 8.24. The summed E-state index contributed by atoms with van der Waals surface area (Å²) in [4.78, 5) is 4.84. The van der Waals surface area contributed by atoms with Gasteiger partial charge in [-0.3, -0.25) is 9.58 Å². The highest BCUT2D eigenvalue weighted by atomic mass is 15.3. The van der Waals surface area contributed by atoms with Crippen LogP contribution in [-0.4, -0.2) is 57.6 Å². The second-order valence-electron chi connectivity index (χ2n) is 5.48. The van der Waals surface area contributed by atoms with Gasteiger partial charge in [0, 0.05) is 38.6 Å². The van der Waals surface area contributed by atoms with Gasteiger partial charge in [-0.2, -0.15) is 10.2 Å². The predicted molar refractivity (Wildman–Crippen MR) is 82.3 cm³/mol.